The third kappa shape index (κ3) is 5.12. The van der Waals surface area contributed by atoms with Gasteiger partial charge in [-0.1, -0.05) is 19.8 Å². The molecule has 0 aromatic carbocycles. The van der Waals surface area contributed by atoms with E-state index in [2.05, 4.69) is 34.7 Å². The van der Waals surface area contributed by atoms with Gasteiger partial charge in [0.2, 0.25) is 5.95 Å². The van der Waals surface area contributed by atoms with Crippen LogP contribution in [0, 0.1) is 0 Å². The van der Waals surface area contributed by atoms with Crippen LogP contribution in [0.25, 0.3) is 0 Å². The first-order valence-corrected chi connectivity index (χ1v) is 7.34. The zero-order valence-corrected chi connectivity index (χ0v) is 11.4. The van der Waals surface area contributed by atoms with Gasteiger partial charge in [-0.2, -0.15) is 29.4 Å². The van der Waals surface area contributed by atoms with Crippen LogP contribution in [0.2, 0.25) is 0 Å². The second-order valence-corrected chi connectivity index (χ2v) is 5.55. The van der Waals surface area contributed by atoms with Crippen LogP contribution in [0.3, 0.4) is 0 Å². The number of hydrogen-bond donors (Lipinski definition) is 3. The van der Waals surface area contributed by atoms with E-state index in [-0.39, 0.29) is 5.25 Å². The van der Waals surface area contributed by atoms with Crippen molar-refractivity contribution in [1.29, 1.82) is 0 Å². The predicted octanol–water partition coefficient (Wildman–Crippen LogP) is 2.67. The molecule has 0 saturated carbocycles. The van der Waals surface area contributed by atoms with E-state index >= 15 is 0 Å². The maximum atomic E-state index is 5.43. The monoisotopic (exact) mass is 260 g/mol. The first-order chi connectivity index (χ1) is 7.74. The van der Waals surface area contributed by atoms with Gasteiger partial charge in [-0.25, -0.2) is 0 Å². The van der Waals surface area contributed by atoms with E-state index in [4.69, 9.17) is 5.73 Å². The van der Waals surface area contributed by atoms with Gasteiger partial charge in [-0.3, -0.25) is 5.10 Å². The van der Waals surface area contributed by atoms with E-state index in [0.717, 1.165) is 18.0 Å². The lowest BCUT2D eigenvalue weighted by molar-refractivity contribution is 0.777. The van der Waals surface area contributed by atoms with Crippen molar-refractivity contribution in [3.8, 4) is 0 Å². The summed E-state index contributed by atoms with van der Waals surface area (Å²) >= 11 is 6.45. The fourth-order valence-corrected chi connectivity index (χ4v) is 2.76. The Hall–Kier alpha value is -0.360. The Morgan fingerprint density at radius 3 is 2.88 bits per heavy atom. The van der Waals surface area contributed by atoms with Gasteiger partial charge in [0.1, 0.15) is 5.82 Å². The van der Waals surface area contributed by atoms with Gasteiger partial charge in [-0.15, -0.1) is 5.10 Å². The fraction of sp³-hybridized carbons (Fsp3) is 0.800. The molecule has 0 fully saturated rings. The molecule has 0 amide bonds. The van der Waals surface area contributed by atoms with Gasteiger partial charge < -0.3 is 5.73 Å². The summed E-state index contributed by atoms with van der Waals surface area (Å²) in [6.07, 6.45) is 4.92. The molecule has 3 N–H and O–H groups in total. The molecular weight excluding hydrogens is 240 g/mol. The van der Waals surface area contributed by atoms with Crippen LogP contribution in [0.1, 0.15) is 43.7 Å². The molecule has 0 bridgehead atoms. The Labute approximate surface area is 107 Å². The minimum absolute atomic E-state index is 0.114. The molecule has 0 aliphatic carbocycles. The number of nitrogens with zero attached hydrogens (tertiary/aromatic N) is 2. The number of unbranched alkanes of at least 4 members (excludes halogenated alkanes) is 2. The molecule has 1 heterocycles. The summed E-state index contributed by atoms with van der Waals surface area (Å²) in [5.74, 6) is 3.42. The zero-order chi connectivity index (χ0) is 11.8. The summed E-state index contributed by atoms with van der Waals surface area (Å²) in [6, 6.07) is 0. The molecule has 4 nitrogen and oxygen atoms in total. The molecule has 16 heavy (non-hydrogen) atoms. The topological polar surface area (TPSA) is 67.6 Å². The zero-order valence-electron chi connectivity index (χ0n) is 9.65. The first-order valence-electron chi connectivity index (χ1n) is 5.67. The number of nitrogens with one attached hydrogen (secondary N) is 1. The maximum Gasteiger partial charge on any atom is 0.239 e. The molecule has 1 aromatic heterocycles. The van der Waals surface area contributed by atoms with Gasteiger partial charge in [-0.05, 0) is 24.3 Å². The minimum atomic E-state index is 0.114. The largest absolute Gasteiger partial charge is 0.367 e. The molecule has 0 aliphatic heterocycles. The highest BCUT2D eigenvalue weighted by atomic mass is 32.2. The van der Waals surface area contributed by atoms with Crippen molar-refractivity contribution in [2.75, 3.05) is 17.2 Å². The van der Waals surface area contributed by atoms with Crippen molar-refractivity contribution in [3.63, 3.8) is 0 Å². The first kappa shape index (κ1) is 13.7. The van der Waals surface area contributed by atoms with E-state index in [1.54, 1.807) is 0 Å². The fourth-order valence-electron chi connectivity index (χ4n) is 1.32. The normalized spacial score (nSPS) is 12.9. The van der Waals surface area contributed by atoms with Crippen molar-refractivity contribution in [1.82, 2.24) is 15.2 Å². The number of aromatic amines is 1. The van der Waals surface area contributed by atoms with E-state index in [1.807, 2.05) is 11.8 Å². The van der Waals surface area contributed by atoms with Gasteiger partial charge >= 0.3 is 0 Å². The highest BCUT2D eigenvalue weighted by Gasteiger charge is 2.10. The van der Waals surface area contributed by atoms with Gasteiger partial charge in [0.25, 0.3) is 0 Å². The molecular formula is C10H20N4S2. The molecule has 6 heteroatoms. The van der Waals surface area contributed by atoms with E-state index in [1.165, 1.54) is 25.0 Å². The molecule has 1 rings (SSSR count). The second-order valence-electron chi connectivity index (χ2n) is 3.70. The van der Waals surface area contributed by atoms with Crippen molar-refractivity contribution >= 4 is 30.3 Å². The van der Waals surface area contributed by atoms with E-state index in [9.17, 15) is 0 Å². The Balaban J connectivity index is 2.09. The standard InChI is InChI=1S/C10H20N4S2/c1-2-3-4-6-16-7-5-8(15)9-12-10(11)14-13-9/h8,15H,2-7H2,1H3,(H3,11,12,13,14). The number of nitrogen functional groups attached to an aromatic ring is 1. The summed E-state index contributed by atoms with van der Waals surface area (Å²) < 4.78 is 0. The number of thioether (sulfide) groups is 1. The van der Waals surface area contributed by atoms with Gasteiger partial charge in [0.05, 0.1) is 5.25 Å². The van der Waals surface area contributed by atoms with Crippen LogP contribution in [-0.2, 0) is 0 Å². The number of aromatic nitrogens is 3. The van der Waals surface area contributed by atoms with Crippen molar-refractivity contribution in [2.45, 2.75) is 37.9 Å². The lowest BCUT2D eigenvalue weighted by atomic mass is 10.3. The Morgan fingerprint density at radius 2 is 2.25 bits per heavy atom. The SMILES string of the molecule is CCCCCSCCC(S)c1nc(N)n[nH]1. The van der Waals surface area contributed by atoms with Crippen LogP contribution in [0.4, 0.5) is 5.95 Å². The molecule has 0 saturated heterocycles. The third-order valence-electron chi connectivity index (χ3n) is 2.26. The summed E-state index contributed by atoms with van der Waals surface area (Å²) in [5, 5.41) is 6.70. The third-order valence-corrected chi connectivity index (χ3v) is 3.87. The summed E-state index contributed by atoms with van der Waals surface area (Å²) in [5.41, 5.74) is 5.43. The average Bonchev–Trinajstić information content (AvgIpc) is 2.70. The highest BCUT2D eigenvalue weighted by Crippen LogP contribution is 2.22. The number of thiol groups is 1. The summed E-state index contributed by atoms with van der Waals surface area (Å²) in [7, 11) is 0. The Kier molecular flexibility index (Phi) is 6.71. The average molecular weight is 260 g/mol. The minimum Gasteiger partial charge on any atom is -0.367 e. The van der Waals surface area contributed by atoms with Crippen LogP contribution in [0.15, 0.2) is 0 Å². The number of anilines is 1. The van der Waals surface area contributed by atoms with Gasteiger partial charge in [0, 0.05) is 0 Å². The Bertz CT molecular complexity index is 290. The van der Waals surface area contributed by atoms with Crippen molar-refractivity contribution in [2.24, 2.45) is 0 Å². The summed E-state index contributed by atoms with van der Waals surface area (Å²) in [4.78, 5) is 4.06. The van der Waals surface area contributed by atoms with Crippen molar-refractivity contribution < 1.29 is 0 Å². The van der Waals surface area contributed by atoms with Crippen molar-refractivity contribution in [3.05, 3.63) is 5.82 Å². The number of hydrogen-bond acceptors (Lipinski definition) is 5. The predicted molar refractivity (Wildman–Crippen MR) is 74.0 cm³/mol. The molecule has 1 unspecified atom stereocenters. The number of H-pyrrole nitrogens is 1. The lowest BCUT2D eigenvalue weighted by Crippen LogP contribution is -1.96. The quantitative estimate of drug-likeness (QED) is 0.496. The van der Waals surface area contributed by atoms with E-state index < -0.39 is 0 Å². The highest BCUT2D eigenvalue weighted by molar-refractivity contribution is 7.99. The molecule has 1 atom stereocenters. The Morgan fingerprint density at radius 1 is 1.44 bits per heavy atom. The van der Waals surface area contributed by atoms with Crippen LogP contribution < -0.4 is 5.73 Å². The molecule has 92 valence electrons. The molecule has 0 radical (unpaired) electrons. The smallest absolute Gasteiger partial charge is 0.239 e. The van der Waals surface area contributed by atoms with E-state index in [0.29, 0.717) is 5.95 Å². The van der Waals surface area contributed by atoms with Gasteiger partial charge in [0.15, 0.2) is 0 Å². The summed E-state index contributed by atoms with van der Waals surface area (Å²) in [6.45, 7) is 2.22. The van der Waals surface area contributed by atoms with Crippen LogP contribution in [0.5, 0.6) is 0 Å². The molecule has 1 aromatic rings. The second kappa shape index (κ2) is 7.84. The van der Waals surface area contributed by atoms with Crippen LogP contribution >= 0.6 is 24.4 Å². The number of nitrogens with two attached hydrogens (primary N) is 1. The molecule has 0 spiro atoms. The van der Waals surface area contributed by atoms with Crippen LogP contribution in [-0.4, -0.2) is 26.7 Å². The maximum absolute atomic E-state index is 5.43. The lowest BCUT2D eigenvalue weighted by Gasteiger charge is -2.06. The molecule has 0 aliphatic rings. The number of rotatable bonds is 8.